The molecule has 0 fully saturated rings. The number of rotatable bonds is 4. The first-order valence-electron chi connectivity index (χ1n) is 18.9. The number of nitrogens with zero attached hydrogens (tertiary/aromatic N) is 4. The van der Waals surface area contributed by atoms with Gasteiger partial charge in [0.05, 0.1) is 56.7 Å². The van der Waals surface area contributed by atoms with Crippen molar-refractivity contribution in [1.29, 1.82) is 0 Å². The molecule has 0 N–H and O–H groups in total. The minimum atomic E-state index is -4.75. The van der Waals surface area contributed by atoms with Crippen LogP contribution in [0.25, 0.3) is 22.3 Å². The number of hydrogen-bond donors (Lipinski definition) is 0. The Morgan fingerprint density at radius 1 is 0.409 bits per heavy atom. The Morgan fingerprint density at radius 3 is 1.15 bits per heavy atom. The van der Waals surface area contributed by atoms with Gasteiger partial charge >= 0.3 is 44.2 Å². The number of hydrogen-bond acceptors (Lipinski definition) is 5. The monoisotopic (exact) mass is 966 g/mol. The van der Waals surface area contributed by atoms with Crippen LogP contribution in [0.5, 0.6) is 5.95 Å². The third-order valence-electron chi connectivity index (χ3n) is 10.5. The van der Waals surface area contributed by atoms with E-state index in [0.717, 1.165) is 72.8 Å². The van der Waals surface area contributed by atoms with Gasteiger partial charge < -0.3 is 14.5 Å². The minimum Gasteiger partial charge on any atom is -0.657 e. The maximum absolute atomic E-state index is 14.0. The number of aromatic nitrogens is 2. The molecule has 0 radical (unpaired) electrons. The van der Waals surface area contributed by atoms with E-state index < -0.39 is 64.5 Å². The standard InChI is InChI=1S/C47H23F12N4O2.Zn/c48-44(49,50)27-9-1-23(2-10-27)37-31-17-18-32(60-31)38(24-3-11-28(12-4-24)45(51,52)53)34-20-22-36(62-34)40(26-7-15-30(16-8-26)47(57,58)59)42-63-41(43(64)65-42)39(35-21-19-33(37)61-35)25-5-13-29(14-6-25)46(54,55)56;/h1-22H,(H-,60,61,62,63,64);/q-1;+2/p-1. The van der Waals surface area contributed by atoms with E-state index in [2.05, 4.69) is 4.98 Å². The average Bonchev–Trinajstić information content (AvgIpc) is 4.08. The normalized spacial score (nSPS) is 15.4. The zero-order chi connectivity index (χ0) is 46.2. The number of halogens is 12. The van der Waals surface area contributed by atoms with Gasteiger partial charge in [0.15, 0.2) is 0 Å². The zero-order valence-corrected chi connectivity index (χ0v) is 36.0. The molecule has 5 heterocycles. The fourth-order valence-electron chi connectivity index (χ4n) is 7.44. The molecule has 2 aromatic heterocycles. The smallest absolute Gasteiger partial charge is 0.657 e. The number of oxazole rings is 1. The third kappa shape index (κ3) is 8.62. The molecule has 9 rings (SSSR count). The van der Waals surface area contributed by atoms with Crippen molar-refractivity contribution in [2.75, 3.05) is 0 Å². The summed E-state index contributed by atoms with van der Waals surface area (Å²) in [7, 11) is 0. The van der Waals surface area contributed by atoms with Gasteiger partial charge in [0.2, 0.25) is 0 Å². The molecule has 0 aliphatic carbocycles. The van der Waals surface area contributed by atoms with E-state index in [1.165, 1.54) is 60.7 Å². The number of fused-ring (bicyclic) bond motifs is 6. The molecule has 0 saturated heterocycles. The van der Waals surface area contributed by atoms with Crippen molar-refractivity contribution >= 4 is 33.7 Å². The second-order valence-electron chi connectivity index (χ2n) is 14.6. The van der Waals surface area contributed by atoms with Crippen LogP contribution in [0, 0.1) is 0 Å². The van der Waals surface area contributed by atoms with E-state index in [-0.39, 0.29) is 97.5 Å². The molecule has 4 aromatic carbocycles. The van der Waals surface area contributed by atoms with E-state index in [1.807, 2.05) is 0 Å². The van der Waals surface area contributed by atoms with Crippen LogP contribution in [0.1, 0.15) is 56.1 Å². The van der Waals surface area contributed by atoms with Crippen molar-refractivity contribution in [3.05, 3.63) is 212 Å². The average molecular weight is 968 g/mol. The molecule has 19 heteroatoms. The van der Waals surface area contributed by atoms with Crippen molar-refractivity contribution in [1.82, 2.24) is 9.97 Å². The maximum atomic E-state index is 14.0. The Hall–Kier alpha value is -7.01. The minimum absolute atomic E-state index is 0. The Labute approximate surface area is 376 Å². The van der Waals surface area contributed by atoms with E-state index in [4.69, 9.17) is 19.4 Å². The molecule has 0 amide bonds. The van der Waals surface area contributed by atoms with Crippen molar-refractivity contribution < 1.29 is 81.7 Å². The van der Waals surface area contributed by atoms with Crippen LogP contribution in [-0.2, 0) is 44.2 Å². The Kier molecular flexibility index (Phi) is 11.4. The van der Waals surface area contributed by atoms with E-state index in [1.54, 1.807) is 0 Å². The van der Waals surface area contributed by atoms with Crippen molar-refractivity contribution in [2.24, 2.45) is 9.98 Å². The Morgan fingerprint density at radius 2 is 0.742 bits per heavy atom. The van der Waals surface area contributed by atoms with Gasteiger partial charge in [-0.3, -0.25) is 0 Å². The first kappa shape index (κ1) is 45.6. The van der Waals surface area contributed by atoms with Gasteiger partial charge in [0.25, 0.3) is 0 Å². The Balaban J connectivity index is 0.00000592. The van der Waals surface area contributed by atoms with Crippen LogP contribution >= 0.6 is 0 Å². The van der Waals surface area contributed by atoms with Gasteiger partial charge in [0, 0.05) is 16.7 Å². The number of aliphatic imine (C=N–C) groups is 2. The summed E-state index contributed by atoms with van der Waals surface area (Å²) in [6.45, 7) is 0. The van der Waals surface area contributed by atoms with Crippen molar-refractivity contribution in [3.8, 4) is 5.95 Å². The van der Waals surface area contributed by atoms with Crippen LogP contribution in [0.2, 0.25) is 0 Å². The van der Waals surface area contributed by atoms with Crippen LogP contribution in [0.3, 0.4) is 0 Å². The largest absolute Gasteiger partial charge is 2.00 e. The van der Waals surface area contributed by atoms with Crippen LogP contribution < -0.4 is 20.8 Å². The summed E-state index contributed by atoms with van der Waals surface area (Å²) in [6.07, 6.45) is -13.1. The first-order valence-corrected chi connectivity index (χ1v) is 18.9. The summed E-state index contributed by atoms with van der Waals surface area (Å²) in [5, 5.41) is 14.0. The molecule has 3 aliphatic heterocycles. The van der Waals surface area contributed by atoms with Gasteiger partial charge in [-0.1, -0.05) is 60.7 Å². The molecule has 8 bridgehead atoms. The molecule has 0 saturated carbocycles. The quantitative estimate of drug-likeness (QED) is 0.130. The zero-order valence-electron chi connectivity index (χ0n) is 33.0. The molecule has 0 unspecified atom stereocenters. The number of benzene rings is 4. The van der Waals surface area contributed by atoms with Gasteiger partial charge in [-0.05, 0) is 101 Å². The van der Waals surface area contributed by atoms with Crippen LogP contribution in [-0.4, -0.2) is 16.4 Å². The third-order valence-corrected chi connectivity index (χ3v) is 10.5. The van der Waals surface area contributed by atoms with Crippen molar-refractivity contribution in [3.63, 3.8) is 0 Å². The molecule has 66 heavy (non-hydrogen) atoms. The van der Waals surface area contributed by atoms with Crippen molar-refractivity contribution in [2.45, 2.75) is 24.7 Å². The van der Waals surface area contributed by atoms with Crippen LogP contribution in [0.4, 0.5) is 52.7 Å². The van der Waals surface area contributed by atoms with Crippen LogP contribution in [0.15, 0.2) is 159 Å². The van der Waals surface area contributed by atoms with Gasteiger partial charge in [-0.2, -0.15) is 52.7 Å². The molecule has 6 aromatic rings. The second-order valence-corrected chi connectivity index (χ2v) is 14.6. The summed E-state index contributed by atoms with van der Waals surface area (Å²) in [5.41, 5.74) is -3.94. The molecular weight excluding hydrogens is 946 g/mol. The fraction of sp³-hybridized carbons (Fsp3) is 0.0851. The molecule has 328 valence electrons. The van der Waals surface area contributed by atoms with Gasteiger partial charge in [-0.15, -0.1) is 10.7 Å². The summed E-state index contributed by atoms with van der Waals surface area (Å²) in [6, 6.07) is 18.2. The molecule has 0 spiro atoms. The predicted molar refractivity (Wildman–Crippen MR) is 211 cm³/mol. The Bertz CT molecular complexity index is 3220. The number of allylic oxidation sites excluding steroid dienone is 5. The van der Waals surface area contributed by atoms with E-state index in [0.29, 0.717) is 0 Å². The maximum Gasteiger partial charge on any atom is 2.00 e. The van der Waals surface area contributed by atoms with Gasteiger partial charge in [0.1, 0.15) is 5.89 Å². The molecular formula is C47H22F12N4O2Zn. The summed E-state index contributed by atoms with van der Waals surface area (Å²) in [4.78, 5) is 18.7. The fourth-order valence-corrected chi connectivity index (χ4v) is 7.44. The SMILES string of the molecule is [O-]c1oc2nc1C(c1ccc(C(F)(F)F)cc1)=C1C=CC(=N1)C(c1ccc(C(F)(F)F)cc1)=C1C=CC(=N1)C(c1ccc(C(F)(F)F)cc1)=c1ccc([n-]1)=C2c1ccc(C(F)(F)F)cc1.[Zn+2]. The predicted octanol–water partition coefficient (Wildman–Crippen LogP) is 10.4. The topological polar surface area (TPSA) is 87.9 Å². The summed E-state index contributed by atoms with van der Waals surface area (Å²) < 4.78 is 170. The summed E-state index contributed by atoms with van der Waals surface area (Å²) in [5.74, 6) is -1.63. The van der Waals surface area contributed by atoms with Gasteiger partial charge in [-0.25, -0.2) is 15.0 Å². The number of alkyl halides is 12. The van der Waals surface area contributed by atoms with E-state index >= 15 is 0 Å². The summed E-state index contributed by atoms with van der Waals surface area (Å²) >= 11 is 0. The first-order chi connectivity index (χ1) is 30.6. The van der Waals surface area contributed by atoms with E-state index in [9.17, 15) is 57.8 Å². The second kappa shape index (κ2) is 16.5. The molecule has 3 aliphatic rings. The molecule has 6 nitrogen and oxygen atoms in total. The molecule has 0 atom stereocenters.